The van der Waals surface area contributed by atoms with Crippen molar-refractivity contribution in [2.75, 3.05) is 25.1 Å². The van der Waals surface area contributed by atoms with Gasteiger partial charge in [0.15, 0.2) is 12.4 Å². The van der Waals surface area contributed by atoms with E-state index in [1.54, 1.807) is 30.3 Å². The van der Waals surface area contributed by atoms with Crippen molar-refractivity contribution in [3.8, 4) is 0 Å². The van der Waals surface area contributed by atoms with E-state index in [1.165, 1.54) is 12.3 Å². The highest BCUT2D eigenvalue weighted by Gasteiger charge is 2.11. The van der Waals surface area contributed by atoms with Crippen molar-refractivity contribution in [3.63, 3.8) is 0 Å². The number of carbonyl (C=O) groups excluding carboxylic acids is 4. The lowest BCUT2D eigenvalue weighted by molar-refractivity contribution is -0.147. The van der Waals surface area contributed by atoms with Gasteiger partial charge in [-0.15, -0.1) is 0 Å². The minimum atomic E-state index is -0.549. The number of unbranched alkanes of at least 4 members (excludes halogenated alkanes) is 1. The third-order valence-corrected chi connectivity index (χ3v) is 4.09. The van der Waals surface area contributed by atoms with Crippen molar-refractivity contribution in [2.24, 2.45) is 0 Å². The lowest BCUT2D eigenvalue weighted by atomic mass is 10.2. The molecule has 0 bridgehead atoms. The number of furan rings is 1. The van der Waals surface area contributed by atoms with E-state index in [4.69, 9.17) is 13.9 Å². The molecule has 0 fully saturated rings. The topological polar surface area (TPSA) is 124 Å². The first-order valence-corrected chi connectivity index (χ1v) is 10.0. The van der Waals surface area contributed by atoms with E-state index in [1.807, 2.05) is 6.92 Å². The van der Waals surface area contributed by atoms with E-state index in [0.29, 0.717) is 24.3 Å². The minimum Gasteiger partial charge on any atom is -0.462 e. The molecule has 0 aliphatic heterocycles. The van der Waals surface area contributed by atoms with E-state index < -0.39 is 24.5 Å². The molecule has 2 amide bonds. The summed E-state index contributed by atoms with van der Waals surface area (Å²) in [6, 6.07) is 9.37. The number of rotatable bonds is 12. The number of benzene rings is 1. The summed E-state index contributed by atoms with van der Waals surface area (Å²) in [5.74, 6) is -1.63. The molecular formula is C22H26N2O7. The Kier molecular flexibility index (Phi) is 9.80. The van der Waals surface area contributed by atoms with Crippen LogP contribution in [0.4, 0.5) is 5.69 Å². The average Bonchev–Trinajstić information content (AvgIpc) is 3.31. The number of ether oxygens (including phenoxy) is 2. The van der Waals surface area contributed by atoms with Crippen molar-refractivity contribution < 1.29 is 33.1 Å². The Hall–Kier alpha value is -3.62. The van der Waals surface area contributed by atoms with Gasteiger partial charge in [0.2, 0.25) is 0 Å². The summed E-state index contributed by atoms with van der Waals surface area (Å²) >= 11 is 0. The molecule has 2 N–H and O–H groups in total. The minimum absolute atomic E-state index is 0.0561. The number of anilines is 1. The van der Waals surface area contributed by atoms with Gasteiger partial charge >= 0.3 is 11.9 Å². The maximum Gasteiger partial charge on any atom is 0.338 e. The van der Waals surface area contributed by atoms with Gasteiger partial charge in [-0.25, -0.2) is 4.79 Å². The van der Waals surface area contributed by atoms with Crippen molar-refractivity contribution >= 4 is 29.4 Å². The average molecular weight is 430 g/mol. The van der Waals surface area contributed by atoms with Gasteiger partial charge in [0.05, 0.1) is 18.4 Å². The van der Waals surface area contributed by atoms with Crippen LogP contribution in [0.2, 0.25) is 0 Å². The lowest BCUT2D eigenvalue weighted by Gasteiger charge is -2.08. The summed E-state index contributed by atoms with van der Waals surface area (Å²) in [5.41, 5.74) is 0.853. The summed E-state index contributed by atoms with van der Waals surface area (Å²) in [7, 11) is 0. The first-order valence-electron chi connectivity index (χ1n) is 10.0. The molecule has 0 unspecified atom stereocenters. The van der Waals surface area contributed by atoms with Gasteiger partial charge in [0.1, 0.15) is 0 Å². The zero-order chi connectivity index (χ0) is 22.5. The molecule has 166 valence electrons. The lowest BCUT2D eigenvalue weighted by Crippen LogP contribution is -2.25. The van der Waals surface area contributed by atoms with Crippen LogP contribution in [0.1, 0.15) is 53.5 Å². The fourth-order valence-electron chi connectivity index (χ4n) is 2.43. The smallest absolute Gasteiger partial charge is 0.338 e. The molecule has 9 nitrogen and oxygen atoms in total. The van der Waals surface area contributed by atoms with Crippen LogP contribution in [0, 0.1) is 0 Å². The van der Waals surface area contributed by atoms with Gasteiger partial charge in [-0.3, -0.25) is 14.4 Å². The van der Waals surface area contributed by atoms with Crippen molar-refractivity contribution in [2.45, 2.75) is 32.6 Å². The zero-order valence-electron chi connectivity index (χ0n) is 17.3. The SMILES string of the molecule is CCCCOC(=O)c1ccc(NC(=O)COC(=O)CCCNC(=O)c2ccco2)cc1. The number of esters is 2. The van der Waals surface area contributed by atoms with E-state index in [2.05, 4.69) is 10.6 Å². The molecule has 2 aromatic rings. The molecule has 9 heteroatoms. The van der Waals surface area contributed by atoms with Gasteiger partial charge < -0.3 is 24.5 Å². The first-order chi connectivity index (χ1) is 15.0. The monoisotopic (exact) mass is 430 g/mol. The molecule has 1 aromatic carbocycles. The molecule has 2 rings (SSSR count). The summed E-state index contributed by atoms with van der Waals surface area (Å²) < 4.78 is 15.0. The normalized spacial score (nSPS) is 10.2. The van der Waals surface area contributed by atoms with Crippen LogP contribution >= 0.6 is 0 Å². The third kappa shape index (κ3) is 8.73. The quantitative estimate of drug-likeness (QED) is 0.392. The van der Waals surface area contributed by atoms with Gasteiger partial charge in [0, 0.05) is 18.7 Å². The predicted molar refractivity (Wildman–Crippen MR) is 111 cm³/mol. The van der Waals surface area contributed by atoms with Crippen LogP contribution in [0.5, 0.6) is 0 Å². The summed E-state index contributed by atoms with van der Waals surface area (Å²) in [5, 5.41) is 5.19. The molecule has 1 heterocycles. The Labute approximate surface area is 180 Å². The Morgan fingerprint density at radius 2 is 1.77 bits per heavy atom. The second kappa shape index (κ2) is 12.8. The molecule has 0 saturated carbocycles. The van der Waals surface area contributed by atoms with Crippen molar-refractivity contribution in [3.05, 3.63) is 54.0 Å². The van der Waals surface area contributed by atoms with Gasteiger partial charge in [-0.05, 0) is 49.2 Å². The van der Waals surface area contributed by atoms with E-state index >= 15 is 0 Å². The van der Waals surface area contributed by atoms with E-state index in [9.17, 15) is 19.2 Å². The zero-order valence-corrected chi connectivity index (χ0v) is 17.3. The largest absolute Gasteiger partial charge is 0.462 e. The van der Waals surface area contributed by atoms with Crippen molar-refractivity contribution in [1.29, 1.82) is 0 Å². The van der Waals surface area contributed by atoms with Crippen LogP contribution < -0.4 is 10.6 Å². The maximum absolute atomic E-state index is 11.9. The highest BCUT2D eigenvalue weighted by molar-refractivity contribution is 5.94. The number of nitrogens with one attached hydrogen (secondary N) is 2. The van der Waals surface area contributed by atoms with Crippen molar-refractivity contribution in [1.82, 2.24) is 5.32 Å². The van der Waals surface area contributed by atoms with Gasteiger partial charge in [-0.2, -0.15) is 0 Å². The molecule has 0 spiro atoms. The molecule has 0 aliphatic rings. The second-order valence-electron chi connectivity index (χ2n) is 6.61. The van der Waals surface area contributed by atoms with Crippen LogP contribution in [-0.4, -0.2) is 43.5 Å². The third-order valence-electron chi connectivity index (χ3n) is 4.09. The first kappa shape index (κ1) is 23.7. The van der Waals surface area contributed by atoms with Crippen LogP contribution in [0.15, 0.2) is 47.1 Å². The van der Waals surface area contributed by atoms with E-state index in [0.717, 1.165) is 12.8 Å². The Morgan fingerprint density at radius 3 is 2.45 bits per heavy atom. The maximum atomic E-state index is 11.9. The molecule has 0 aliphatic carbocycles. The van der Waals surface area contributed by atoms with Crippen LogP contribution in [0.25, 0.3) is 0 Å². The Balaban J connectivity index is 1.61. The fourth-order valence-corrected chi connectivity index (χ4v) is 2.43. The van der Waals surface area contributed by atoms with E-state index in [-0.39, 0.29) is 24.6 Å². The second-order valence-corrected chi connectivity index (χ2v) is 6.61. The molecule has 0 saturated heterocycles. The predicted octanol–water partition coefficient (Wildman–Crippen LogP) is 2.93. The van der Waals surface area contributed by atoms with Gasteiger partial charge in [-0.1, -0.05) is 13.3 Å². The highest BCUT2D eigenvalue weighted by Crippen LogP contribution is 2.11. The van der Waals surface area contributed by atoms with Gasteiger partial charge in [0.25, 0.3) is 11.8 Å². The number of hydrogen-bond donors (Lipinski definition) is 2. The molecule has 31 heavy (non-hydrogen) atoms. The summed E-state index contributed by atoms with van der Waals surface area (Å²) in [6.45, 7) is 2.22. The standard InChI is InChI=1S/C22H26N2O7/c1-2-3-13-30-22(28)16-8-10-17(11-9-16)24-19(25)15-31-20(26)7-4-12-23-21(27)18-6-5-14-29-18/h5-6,8-11,14H,2-4,7,12-13,15H2,1H3,(H,23,27)(H,24,25). The summed E-state index contributed by atoms with van der Waals surface area (Å²) in [4.78, 5) is 47.1. The fraction of sp³-hybridized carbons (Fsp3) is 0.364. The number of amides is 2. The molecular weight excluding hydrogens is 404 g/mol. The number of carbonyl (C=O) groups is 4. The Morgan fingerprint density at radius 1 is 1.00 bits per heavy atom. The van der Waals surface area contributed by atoms with Crippen LogP contribution in [0.3, 0.4) is 0 Å². The number of hydrogen-bond acceptors (Lipinski definition) is 7. The molecule has 1 aromatic heterocycles. The molecule has 0 atom stereocenters. The van der Waals surface area contributed by atoms with Crippen LogP contribution in [-0.2, 0) is 19.1 Å². The highest BCUT2D eigenvalue weighted by atomic mass is 16.5. The Bertz CT molecular complexity index is 860. The summed E-state index contributed by atoms with van der Waals surface area (Å²) in [6.07, 6.45) is 3.56. The molecule has 0 radical (unpaired) electrons.